The highest BCUT2D eigenvalue weighted by atomic mass is 19.4. The highest BCUT2D eigenvalue weighted by molar-refractivity contribution is 5.72. The molecule has 3 aromatic rings. The fraction of sp³-hybridized carbons (Fsp3) is 0.241. The zero-order valence-electron chi connectivity index (χ0n) is 23.3. The fourth-order valence-corrected chi connectivity index (χ4v) is 3.19. The molecule has 260 valence electrons. The highest BCUT2D eigenvalue weighted by Crippen LogP contribution is 2.38. The van der Waals surface area contributed by atoms with Gasteiger partial charge in [-0.2, -0.15) is 39.5 Å². The molecule has 0 amide bonds. The summed E-state index contributed by atoms with van der Waals surface area (Å²) < 4.78 is 110. The van der Waals surface area contributed by atoms with Gasteiger partial charge >= 0.3 is 30.5 Å². The maximum absolute atomic E-state index is 12.5. The molecule has 0 bridgehead atoms. The van der Waals surface area contributed by atoms with Gasteiger partial charge in [-0.3, -0.25) is 19.7 Å². The van der Waals surface area contributed by atoms with Crippen LogP contribution in [0.1, 0.15) is 40.8 Å². The molecule has 0 atom stereocenters. The predicted octanol–water partition coefficient (Wildman–Crippen LogP) is 8.84. The van der Waals surface area contributed by atoms with Gasteiger partial charge in [0, 0.05) is 5.56 Å². The second-order valence-electron chi connectivity index (χ2n) is 8.55. The van der Waals surface area contributed by atoms with Crippen LogP contribution in [0.2, 0.25) is 0 Å². The van der Waals surface area contributed by atoms with Gasteiger partial charge in [-0.15, -0.1) is 0 Å². The Bertz CT molecular complexity index is 1470. The van der Waals surface area contributed by atoms with Crippen LogP contribution in [-0.2, 0) is 45.8 Å². The molecule has 0 fully saturated rings. The number of nitro benzene ring substituents is 1. The number of rotatable bonds is 6. The Labute approximate surface area is 261 Å². The standard InChI is InChI=1S/C9H6F3NO4.C9H7F3O2.C8H7F3.C2H4O2.CH4/c10-9(11,12)6-3-1-2-5(4-7(14)15)8(6)13(16)17;10-9(11,12)7-3-1-2-6(4-7)5-8(13)14;1-6-3-2-4-7(5-6)8(9,10)11;1-2-4-3;/h1-3H,4H2,(H,14,15);1-4H,5H2,(H,13,14);2-5H,1H3;2-3H,1H2;1H4. The average Bonchev–Trinajstić information content (AvgIpc) is 2.92. The minimum Gasteiger partial charge on any atom is -0.481 e. The largest absolute Gasteiger partial charge is 0.481 e. The first-order valence-corrected chi connectivity index (χ1v) is 12.0. The first kappa shape index (κ1) is 44.0. The first-order chi connectivity index (χ1) is 21.0. The van der Waals surface area contributed by atoms with Gasteiger partial charge in [0.15, 0.2) is 0 Å². The topological polar surface area (TPSA) is 147 Å². The van der Waals surface area contributed by atoms with Crippen molar-refractivity contribution < 1.29 is 74.4 Å². The predicted molar refractivity (Wildman–Crippen MR) is 149 cm³/mol. The Kier molecular flexibility index (Phi) is 18.2. The molecule has 9 nitrogen and oxygen atoms in total. The van der Waals surface area contributed by atoms with Crippen LogP contribution in [0.4, 0.5) is 45.2 Å². The number of hydrogen-bond donors (Lipinski definition) is 3. The van der Waals surface area contributed by atoms with Crippen LogP contribution in [-0.4, -0.2) is 32.3 Å². The number of para-hydroxylation sites is 1. The number of alkyl halides is 9. The van der Waals surface area contributed by atoms with E-state index in [9.17, 15) is 59.2 Å². The van der Waals surface area contributed by atoms with Crippen molar-refractivity contribution in [3.05, 3.63) is 123 Å². The summed E-state index contributed by atoms with van der Waals surface area (Å²) in [6.45, 7) is 4.64. The SMILES string of the molecule is C.C=COO.Cc1cccc(C(F)(F)F)c1.O=C(O)Cc1cccc(C(F)(F)F)c1.O=C(O)Cc1cccc(C(F)(F)F)c1[N+](=O)[O-]. The van der Waals surface area contributed by atoms with Gasteiger partial charge < -0.3 is 15.1 Å². The molecular formula is C29H28F9NO8. The molecule has 47 heavy (non-hydrogen) atoms. The Morgan fingerprint density at radius 2 is 1.26 bits per heavy atom. The molecule has 0 spiro atoms. The van der Waals surface area contributed by atoms with Crippen molar-refractivity contribution in [3.63, 3.8) is 0 Å². The highest BCUT2D eigenvalue weighted by Gasteiger charge is 2.39. The molecule has 3 aromatic carbocycles. The Balaban J connectivity index is 0. The number of aliphatic carboxylic acids is 2. The lowest BCUT2D eigenvalue weighted by Gasteiger charge is -2.09. The normalized spacial score (nSPS) is 10.6. The van der Waals surface area contributed by atoms with Crippen LogP contribution in [0.25, 0.3) is 0 Å². The number of carboxylic acid groups (broad SMARTS) is 2. The van der Waals surface area contributed by atoms with Crippen LogP contribution in [0.5, 0.6) is 0 Å². The van der Waals surface area contributed by atoms with Crippen LogP contribution >= 0.6 is 0 Å². The van der Waals surface area contributed by atoms with Crippen molar-refractivity contribution in [1.29, 1.82) is 0 Å². The summed E-state index contributed by atoms with van der Waals surface area (Å²) in [5.74, 6) is -2.59. The zero-order chi connectivity index (χ0) is 35.9. The lowest BCUT2D eigenvalue weighted by Crippen LogP contribution is -2.12. The molecular weight excluding hydrogens is 661 g/mol. The number of nitrogens with zero attached hydrogens (tertiary/aromatic N) is 1. The second kappa shape index (κ2) is 19.4. The molecule has 0 aromatic heterocycles. The molecule has 0 unspecified atom stereocenters. The summed E-state index contributed by atoms with van der Waals surface area (Å²) in [4.78, 5) is 33.3. The number of halogens is 9. The Morgan fingerprint density at radius 3 is 1.62 bits per heavy atom. The lowest BCUT2D eigenvalue weighted by molar-refractivity contribution is -0.388. The lowest BCUT2D eigenvalue weighted by atomic mass is 10.0. The minimum atomic E-state index is -4.89. The van der Waals surface area contributed by atoms with E-state index in [-0.39, 0.29) is 13.0 Å². The van der Waals surface area contributed by atoms with Crippen LogP contribution < -0.4 is 0 Å². The van der Waals surface area contributed by atoms with Crippen molar-refractivity contribution in [2.24, 2.45) is 0 Å². The number of aryl methyl sites for hydroxylation is 1. The Morgan fingerprint density at radius 1 is 0.809 bits per heavy atom. The third-order valence-corrected chi connectivity index (χ3v) is 4.98. The van der Waals surface area contributed by atoms with Crippen LogP contribution in [0, 0.1) is 17.0 Å². The summed E-state index contributed by atoms with van der Waals surface area (Å²) in [5, 5.41) is 34.7. The quantitative estimate of drug-likeness (QED) is 0.0765. The van der Waals surface area contributed by atoms with E-state index in [1.54, 1.807) is 13.0 Å². The molecule has 3 rings (SSSR count). The number of carbonyl (C=O) groups is 2. The van der Waals surface area contributed by atoms with E-state index in [1.165, 1.54) is 18.2 Å². The van der Waals surface area contributed by atoms with E-state index in [1.807, 2.05) is 0 Å². The van der Waals surface area contributed by atoms with Gasteiger partial charge in [0.1, 0.15) is 11.8 Å². The summed E-state index contributed by atoms with van der Waals surface area (Å²) in [5.41, 5.74) is -3.76. The third kappa shape index (κ3) is 17.2. The van der Waals surface area contributed by atoms with E-state index < -0.39 is 76.2 Å². The van der Waals surface area contributed by atoms with Gasteiger partial charge in [-0.05, 0) is 30.7 Å². The molecule has 0 aliphatic heterocycles. The average molecular weight is 690 g/mol. The van der Waals surface area contributed by atoms with Gasteiger partial charge in [0.05, 0.1) is 28.9 Å². The molecule has 0 heterocycles. The van der Waals surface area contributed by atoms with Gasteiger partial charge in [-0.1, -0.05) is 68.1 Å². The molecule has 0 radical (unpaired) electrons. The summed E-state index contributed by atoms with van der Waals surface area (Å²) in [7, 11) is 0. The molecule has 0 saturated heterocycles. The number of benzene rings is 3. The van der Waals surface area contributed by atoms with Crippen molar-refractivity contribution in [2.45, 2.75) is 45.7 Å². The molecule has 0 aliphatic carbocycles. The van der Waals surface area contributed by atoms with E-state index in [0.29, 0.717) is 11.6 Å². The van der Waals surface area contributed by atoms with E-state index in [0.717, 1.165) is 42.7 Å². The fourth-order valence-electron chi connectivity index (χ4n) is 3.19. The number of nitro groups is 1. The van der Waals surface area contributed by atoms with Gasteiger partial charge in [0.25, 0.3) is 5.69 Å². The summed E-state index contributed by atoms with van der Waals surface area (Å²) in [6.07, 6.45) is -13.8. The summed E-state index contributed by atoms with van der Waals surface area (Å²) in [6, 6.07) is 12.0. The first-order valence-electron chi connectivity index (χ1n) is 12.0. The third-order valence-electron chi connectivity index (χ3n) is 4.98. The molecule has 0 saturated carbocycles. The van der Waals surface area contributed by atoms with Crippen LogP contribution in [0.15, 0.2) is 79.6 Å². The van der Waals surface area contributed by atoms with Gasteiger partial charge in [0.2, 0.25) is 0 Å². The smallest absolute Gasteiger partial charge is 0.423 e. The van der Waals surface area contributed by atoms with E-state index in [4.69, 9.17) is 15.5 Å². The monoisotopic (exact) mass is 689 g/mol. The number of hydrogen-bond acceptors (Lipinski definition) is 6. The van der Waals surface area contributed by atoms with Crippen LogP contribution in [0.3, 0.4) is 0 Å². The maximum Gasteiger partial charge on any atom is 0.423 e. The van der Waals surface area contributed by atoms with Crippen molar-refractivity contribution >= 4 is 17.6 Å². The van der Waals surface area contributed by atoms with Crippen molar-refractivity contribution in [3.8, 4) is 0 Å². The molecule has 3 N–H and O–H groups in total. The molecule has 0 aliphatic rings. The van der Waals surface area contributed by atoms with Crippen molar-refractivity contribution in [2.75, 3.05) is 0 Å². The Hall–Kier alpha value is -5.13. The number of carboxylic acids is 2. The zero-order valence-corrected chi connectivity index (χ0v) is 23.3. The van der Waals surface area contributed by atoms with Crippen molar-refractivity contribution in [1.82, 2.24) is 0 Å². The second-order valence-corrected chi connectivity index (χ2v) is 8.55. The maximum atomic E-state index is 12.5. The van der Waals surface area contributed by atoms with E-state index >= 15 is 0 Å². The van der Waals surface area contributed by atoms with E-state index in [2.05, 4.69) is 11.5 Å². The summed E-state index contributed by atoms with van der Waals surface area (Å²) >= 11 is 0. The molecule has 18 heteroatoms. The van der Waals surface area contributed by atoms with Gasteiger partial charge in [-0.25, -0.2) is 5.26 Å². The minimum absolute atomic E-state index is 0.